The van der Waals surface area contributed by atoms with Gasteiger partial charge in [0, 0.05) is 13.1 Å². The lowest BCUT2D eigenvalue weighted by atomic mass is 10.1. The van der Waals surface area contributed by atoms with Crippen molar-refractivity contribution in [2.45, 2.75) is 38.0 Å². The van der Waals surface area contributed by atoms with E-state index in [1.165, 1.54) is 12.1 Å². The number of hydrazine groups is 1. The SMILES string of the molecule is Cc1cc(F)cc(C)c1S(=O)(=O)NN1CCCCC1. The predicted molar refractivity (Wildman–Crippen MR) is 71.6 cm³/mol. The van der Waals surface area contributed by atoms with Crippen LogP contribution in [0.25, 0.3) is 0 Å². The molecule has 0 radical (unpaired) electrons. The summed E-state index contributed by atoms with van der Waals surface area (Å²) in [6.45, 7) is 4.67. The van der Waals surface area contributed by atoms with Gasteiger partial charge in [0.05, 0.1) is 4.90 Å². The maximum Gasteiger partial charge on any atom is 0.253 e. The van der Waals surface area contributed by atoms with Gasteiger partial charge in [-0.05, 0) is 49.9 Å². The molecule has 0 aromatic heterocycles. The van der Waals surface area contributed by atoms with Gasteiger partial charge in [-0.2, -0.15) is 0 Å². The van der Waals surface area contributed by atoms with E-state index in [4.69, 9.17) is 0 Å². The fraction of sp³-hybridized carbons (Fsp3) is 0.538. The fourth-order valence-electron chi connectivity index (χ4n) is 2.52. The number of hydrogen-bond donors (Lipinski definition) is 1. The van der Waals surface area contributed by atoms with Gasteiger partial charge in [0.25, 0.3) is 10.0 Å². The molecule has 0 amide bonds. The van der Waals surface area contributed by atoms with Crippen molar-refractivity contribution in [2.24, 2.45) is 0 Å². The third-order valence-electron chi connectivity index (χ3n) is 3.30. The molecule has 0 spiro atoms. The quantitative estimate of drug-likeness (QED) is 0.926. The number of piperidine rings is 1. The van der Waals surface area contributed by atoms with Gasteiger partial charge in [-0.3, -0.25) is 0 Å². The Morgan fingerprint density at radius 3 is 2.16 bits per heavy atom. The molecule has 19 heavy (non-hydrogen) atoms. The van der Waals surface area contributed by atoms with Crippen LogP contribution in [0.4, 0.5) is 4.39 Å². The third-order valence-corrected chi connectivity index (χ3v) is 4.98. The fourth-order valence-corrected chi connectivity index (χ4v) is 4.10. The number of nitrogens with zero attached hydrogens (tertiary/aromatic N) is 1. The third kappa shape index (κ3) is 3.32. The van der Waals surface area contributed by atoms with E-state index in [1.54, 1.807) is 18.9 Å². The Morgan fingerprint density at radius 2 is 1.63 bits per heavy atom. The minimum absolute atomic E-state index is 0.180. The first-order valence-corrected chi connectivity index (χ1v) is 7.92. The number of hydrogen-bond acceptors (Lipinski definition) is 3. The Balaban J connectivity index is 2.29. The smallest absolute Gasteiger partial charge is 0.230 e. The monoisotopic (exact) mass is 286 g/mol. The lowest BCUT2D eigenvalue weighted by molar-refractivity contribution is 0.200. The Labute approximate surface area is 113 Å². The maximum absolute atomic E-state index is 13.2. The number of rotatable bonds is 3. The summed E-state index contributed by atoms with van der Waals surface area (Å²) in [7, 11) is -3.63. The van der Waals surface area contributed by atoms with E-state index in [9.17, 15) is 12.8 Å². The molecule has 0 aliphatic carbocycles. The van der Waals surface area contributed by atoms with Crippen LogP contribution in [-0.4, -0.2) is 26.5 Å². The molecule has 1 aliphatic rings. The van der Waals surface area contributed by atoms with Crippen LogP contribution >= 0.6 is 0 Å². The Kier molecular flexibility index (Phi) is 4.23. The highest BCUT2D eigenvalue weighted by molar-refractivity contribution is 7.89. The van der Waals surface area contributed by atoms with Crippen molar-refractivity contribution < 1.29 is 12.8 Å². The molecule has 0 unspecified atom stereocenters. The first-order chi connectivity index (χ1) is 8.90. The number of sulfonamides is 1. The first-order valence-electron chi connectivity index (χ1n) is 6.44. The van der Waals surface area contributed by atoms with Crippen LogP contribution in [0.5, 0.6) is 0 Å². The zero-order valence-electron chi connectivity index (χ0n) is 11.2. The molecule has 0 saturated carbocycles. The van der Waals surface area contributed by atoms with E-state index in [-0.39, 0.29) is 4.90 Å². The highest BCUT2D eigenvalue weighted by Gasteiger charge is 2.23. The largest absolute Gasteiger partial charge is 0.253 e. The van der Waals surface area contributed by atoms with Crippen molar-refractivity contribution in [2.75, 3.05) is 13.1 Å². The van der Waals surface area contributed by atoms with Crippen LogP contribution in [0.3, 0.4) is 0 Å². The minimum Gasteiger partial charge on any atom is -0.230 e. The molecule has 2 rings (SSSR count). The number of benzene rings is 1. The molecular formula is C13H19FN2O2S. The zero-order valence-corrected chi connectivity index (χ0v) is 12.1. The van der Waals surface area contributed by atoms with Crippen LogP contribution in [-0.2, 0) is 10.0 Å². The molecule has 1 saturated heterocycles. The van der Waals surface area contributed by atoms with Gasteiger partial charge in [-0.15, -0.1) is 4.83 Å². The van der Waals surface area contributed by atoms with Gasteiger partial charge >= 0.3 is 0 Å². The van der Waals surface area contributed by atoms with Crippen molar-refractivity contribution in [3.05, 3.63) is 29.1 Å². The van der Waals surface area contributed by atoms with Crippen LogP contribution in [0.15, 0.2) is 17.0 Å². The second-order valence-electron chi connectivity index (χ2n) is 5.01. The number of halogens is 1. The average Bonchev–Trinajstić information content (AvgIpc) is 2.27. The van der Waals surface area contributed by atoms with Gasteiger partial charge in [0.2, 0.25) is 0 Å². The van der Waals surface area contributed by atoms with Crippen molar-refractivity contribution >= 4 is 10.0 Å². The van der Waals surface area contributed by atoms with E-state index in [0.29, 0.717) is 11.1 Å². The van der Waals surface area contributed by atoms with Crippen molar-refractivity contribution in [3.8, 4) is 0 Å². The normalized spacial score (nSPS) is 17.6. The molecule has 4 nitrogen and oxygen atoms in total. The molecule has 1 aliphatic heterocycles. The van der Waals surface area contributed by atoms with Crippen molar-refractivity contribution in [1.29, 1.82) is 0 Å². The number of nitrogens with one attached hydrogen (secondary N) is 1. The van der Waals surface area contributed by atoms with Crippen LogP contribution in [0, 0.1) is 19.7 Å². The Hall–Kier alpha value is -0.980. The highest BCUT2D eigenvalue weighted by Crippen LogP contribution is 2.22. The van der Waals surface area contributed by atoms with Gasteiger partial charge in [-0.25, -0.2) is 17.8 Å². The summed E-state index contributed by atoms with van der Waals surface area (Å²) in [5.74, 6) is -0.410. The zero-order chi connectivity index (χ0) is 14.0. The lowest BCUT2D eigenvalue weighted by Crippen LogP contribution is -2.45. The van der Waals surface area contributed by atoms with Crippen molar-refractivity contribution in [3.63, 3.8) is 0 Å². The Bertz CT molecular complexity index is 543. The molecule has 106 valence electrons. The summed E-state index contributed by atoms with van der Waals surface area (Å²) in [6.07, 6.45) is 3.11. The summed E-state index contributed by atoms with van der Waals surface area (Å²) in [6, 6.07) is 2.50. The van der Waals surface area contributed by atoms with Gasteiger partial charge in [0.1, 0.15) is 5.82 Å². The predicted octanol–water partition coefficient (Wildman–Crippen LogP) is 2.12. The van der Waals surface area contributed by atoms with Crippen LogP contribution in [0.2, 0.25) is 0 Å². The standard InChI is InChI=1S/C13H19FN2O2S/c1-10-8-12(14)9-11(2)13(10)19(17,18)15-16-6-4-3-5-7-16/h8-9,15H,3-7H2,1-2H3. The molecule has 0 bridgehead atoms. The van der Waals surface area contributed by atoms with E-state index in [2.05, 4.69) is 4.83 Å². The molecule has 1 aromatic carbocycles. The summed E-state index contributed by atoms with van der Waals surface area (Å²) in [5.41, 5.74) is 0.865. The van der Waals surface area contributed by atoms with Gasteiger partial charge < -0.3 is 0 Å². The van der Waals surface area contributed by atoms with E-state index in [0.717, 1.165) is 32.4 Å². The van der Waals surface area contributed by atoms with E-state index >= 15 is 0 Å². The summed E-state index contributed by atoms with van der Waals surface area (Å²) in [4.78, 5) is 2.78. The molecule has 1 aromatic rings. The van der Waals surface area contributed by atoms with E-state index in [1.807, 2.05) is 0 Å². The topological polar surface area (TPSA) is 49.4 Å². The molecule has 1 heterocycles. The lowest BCUT2D eigenvalue weighted by Gasteiger charge is -2.27. The second-order valence-corrected chi connectivity index (χ2v) is 6.61. The highest BCUT2D eigenvalue weighted by atomic mass is 32.2. The Morgan fingerprint density at radius 1 is 1.11 bits per heavy atom. The summed E-state index contributed by atoms with van der Waals surface area (Å²) < 4.78 is 38.0. The van der Waals surface area contributed by atoms with Crippen LogP contribution in [0.1, 0.15) is 30.4 Å². The van der Waals surface area contributed by atoms with E-state index < -0.39 is 15.8 Å². The summed E-state index contributed by atoms with van der Waals surface area (Å²) in [5, 5.41) is 1.72. The number of aryl methyl sites for hydroxylation is 2. The molecule has 1 N–H and O–H groups in total. The second kappa shape index (κ2) is 5.56. The minimum atomic E-state index is -3.63. The first kappa shape index (κ1) is 14.4. The van der Waals surface area contributed by atoms with Gasteiger partial charge in [-0.1, -0.05) is 6.42 Å². The summed E-state index contributed by atoms with van der Waals surface area (Å²) >= 11 is 0. The average molecular weight is 286 g/mol. The molecular weight excluding hydrogens is 267 g/mol. The molecule has 6 heteroatoms. The maximum atomic E-state index is 13.2. The van der Waals surface area contributed by atoms with Gasteiger partial charge in [0.15, 0.2) is 0 Å². The molecule has 1 fully saturated rings. The van der Waals surface area contributed by atoms with Crippen molar-refractivity contribution in [1.82, 2.24) is 9.84 Å². The van der Waals surface area contributed by atoms with Crippen LogP contribution < -0.4 is 4.83 Å². The molecule has 0 atom stereocenters.